The van der Waals surface area contributed by atoms with Gasteiger partial charge in [0, 0.05) is 25.9 Å². The molecule has 0 fully saturated rings. The molecular formula is C8H12N2. The van der Waals surface area contributed by atoms with Gasteiger partial charge in [-0.3, -0.25) is 0 Å². The van der Waals surface area contributed by atoms with Gasteiger partial charge in [0.05, 0.1) is 0 Å². The van der Waals surface area contributed by atoms with Crippen LogP contribution in [0.5, 0.6) is 0 Å². The van der Waals surface area contributed by atoms with E-state index in [1.807, 2.05) is 24.7 Å². The number of rotatable bonds is 2. The molecule has 2 nitrogen and oxygen atoms in total. The van der Waals surface area contributed by atoms with E-state index < -0.39 is 0 Å². The second-order valence-corrected chi connectivity index (χ2v) is 2.59. The van der Waals surface area contributed by atoms with Crippen molar-refractivity contribution in [3.05, 3.63) is 30.4 Å². The minimum Gasteiger partial charge on any atom is -0.338 e. The second kappa shape index (κ2) is 2.69. The minimum absolute atomic E-state index is 0.878. The number of aromatic nitrogens is 2. The Morgan fingerprint density at radius 2 is 2.50 bits per heavy atom. The average molecular weight is 136 g/mol. The summed E-state index contributed by atoms with van der Waals surface area (Å²) in [5, 5.41) is 0. The summed E-state index contributed by atoms with van der Waals surface area (Å²) in [6.07, 6.45) is 4.63. The van der Waals surface area contributed by atoms with E-state index in [1.165, 1.54) is 0 Å². The van der Waals surface area contributed by atoms with Crippen molar-refractivity contribution in [2.24, 2.45) is 7.05 Å². The molecule has 10 heavy (non-hydrogen) atoms. The van der Waals surface area contributed by atoms with Crippen molar-refractivity contribution in [2.45, 2.75) is 13.3 Å². The van der Waals surface area contributed by atoms with Crippen LogP contribution in [0.4, 0.5) is 0 Å². The Balaban J connectivity index is 2.74. The van der Waals surface area contributed by atoms with E-state index in [2.05, 4.69) is 11.6 Å². The number of hydrogen-bond acceptors (Lipinski definition) is 1. The molecule has 1 rings (SSSR count). The summed E-state index contributed by atoms with van der Waals surface area (Å²) in [6.45, 7) is 5.83. The highest BCUT2D eigenvalue weighted by atomic mass is 15.0. The Hall–Kier alpha value is -1.05. The molecule has 0 radical (unpaired) electrons. The number of hydrogen-bond donors (Lipinski definition) is 0. The number of allylic oxidation sites excluding steroid dienone is 1. The first-order chi connectivity index (χ1) is 4.70. The van der Waals surface area contributed by atoms with Crippen molar-refractivity contribution in [1.82, 2.24) is 9.55 Å². The Kier molecular flexibility index (Phi) is 1.90. The molecule has 0 aliphatic rings. The zero-order chi connectivity index (χ0) is 7.56. The molecule has 0 spiro atoms. The molecule has 0 atom stereocenters. The quantitative estimate of drug-likeness (QED) is 0.564. The Bertz CT molecular complexity index is 235. The maximum Gasteiger partial charge on any atom is 0.112 e. The molecule has 0 bridgehead atoms. The predicted molar refractivity (Wildman–Crippen MR) is 41.7 cm³/mol. The summed E-state index contributed by atoms with van der Waals surface area (Å²) in [5.41, 5.74) is 1.15. The largest absolute Gasteiger partial charge is 0.338 e. The van der Waals surface area contributed by atoms with Crippen LogP contribution in [0.15, 0.2) is 24.5 Å². The van der Waals surface area contributed by atoms with E-state index >= 15 is 0 Å². The summed E-state index contributed by atoms with van der Waals surface area (Å²) < 4.78 is 2.01. The lowest BCUT2D eigenvalue weighted by molar-refractivity contribution is 0.817. The smallest absolute Gasteiger partial charge is 0.112 e. The van der Waals surface area contributed by atoms with Gasteiger partial charge in [-0.05, 0) is 6.92 Å². The molecular weight excluding hydrogens is 124 g/mol. The highest BCUT2D eigenvalue weighted by Gasteiger charge is 1.96. The van der Waals surface area contributed by atoms with Gasteiger partial charge >= 0.3 is 0 Å². The van der Waals surface area contributed by atoms with Crippen LogP contribution in [-0.4, -0.2) is 9.55 Å². The van der Waals surface area contributed by atoms with Crippen molar-refractivity contribution in [3.8, 4) is 0 Å². The van der Waals surface area contributed by atoms with Gasteiger partial charge in [-0.25, -0.2) is 4.98 Å². The van der Waals surface area contributed by atoms with Gasteiger partial charge < -0.3 is 4.57 Å². The zero-order valence-electron chi connectivity index (χ0n) is 6.46. The van der Waals surface area contributed by atoms with E-state index in [9.17, 15) is 0 Å². The third kappa shape index (κ3) is 1.47. The lowest BCUT2D eigenvalue weighted by atomic mass is 10.2. The average Bonchev–Trinajstić information content (AvgIpc) is 2.15. The summed E-state index contributed by atoms with van der Waals surface area (Å²) >= 11 is 0. The molecule has 0 aromatic carbocycles. The van der Waals surface area contributed by atoms with E-state index in [-0.39, 0.29) is 0 Å². The highest BCUT2D eigenvalue weighted by Crippen LogP contribution is 2.01. The third-order valence-corrected chi connectivity index (χ3v) is 1.38. The first-order valence-electron chi connectivity index (χ1n) is 3.30. The van der Waals surface area contributed by atoms with Crippen molar-refractivity contribution < 1.29 is 0 Å². The SMILES string of the molecule is C=C(C)Cc1nccn1C. The van der Waals surface area contributed by atoms with Crippen molar-refractivity contribution >= 4 is 0 Å². The first-order valence-corrected chi connectivity index (χ1v) is 3.30. The maximum atomic E-state index is 4.16. The predicted octanol–water partition coefficient (Wildman–Crippen LogP) is 1.54. The highest BCUT2D eigenvalue weighted by molar-refractivity contribution is 5.03. The molecule has 1 aromatic heterocycles. The minimum atomic E-state index is 0.878. The lowest BCUT2D eigenvalue weighted by Gasteiger charge is -1.98. The van der Waals surface area contributed by atoms with E-state index in [1.54, 1.807) is 6.20 Å². The summed E-state index contributed by atoms with van der Waals surface area (Å²) in [6, 6.07) is 0. The van der Waals surface area contributed by atoms with Gasteiger partial charge in [-0.15, -0.1) is 0 Å². The molecule has 0 aliphatic carbocycles. The fourth-order valence-corrected chi connectivity index (χ4v) is 0.837. The zero-order valence-corrected chi connectivity index (χ0v) is 6.46. The molecule has 0 aliphatic heterocycles. The van der Waals surface area contributed by atoms with Gasteiger partial charge in [0.2, 0.25) is 0 Å². The van der Waals surface area contributed by atoms with Crippen molar-refractivity contribution in [3.63, 3.8) is 0 Å². The van der Waals surface area contributed by atoms with Crippen LogP contribution in [0.1, 0.15) is 12.7 Å². The van der Waals surface area contributed by atoms with Gasteiger partial charge in [-0.2, -0.15) is 0 Å². The molecule has 0 saturated carbocycles. The van der Waals surface area contributed by atoms with Crippen LogP contribution < -0.4 is 0 Å². The second-order valence-electron chi connectivity index (χ2n) is 2.59. The van der Waals surface area contributed by atoms with Crippen LogP contribution in [0.25, 0.3) is 0 Å². The topological polar surface area (TPSA) is 17.8 Å². The summed E-state index contributed by atoms with van der Waals surface area (Å²) in [4.78, 5) is 4.16. The Morgan fingerprint density at radius 3 is 2.90 bits per heavy atom. The van der Waals surface area contributed by atoms with E-state index in [0.29, 0.717) is 0 Å². The number of imidazole rings is 1. The van der Waals surface area contributed by atoms with Gasteiger partial charge in [0.15, 0.2) is 0 Å². The number of nitrogens with zero attached hydrogens (tertiary/aromatic N) is 2. The summed E-state index contributed by atoms with van der Waals surface area (Å²) in [7, 11) is 1.99. The molecule has 0 unspecified atom stereocenters. The molecule has 54 valence electrons. The molecule has 2 heteroatoms. The van der Waals surface area contributed by atoms with Crippen LogP contribution in [0, 0.1) is 0 Å². The molecule has 0 saturated heterocycles. The normalized spacial score (nSPS) is 9.80. The lowest BCUT2D eigenvalue weighted by Crippen LogP contribution is -1.96. The van der Waals surface area contributed by atoms with Gasteiger partial charge in [-0.1, -0.05) is 12.2 Å². The monoisotopic (exact) mass is 136 g/mol. The van der Waals surface area contributed by atoms with Crippen LogP contribution in [0.3, 0.4) is 0 Å². The maximum absolute atomic E-state index is 4.16. The van der Waals surface area contributed by atoms with Crippen LogP contribution in [0.2, 0.25) is 0 Å². The Morgan fingerprint density at radius 1 is 1.80 bits per heavy atom. The first kappa shape index (κ1) is 7.06. The molecule has 0 N–H and O–H groups in total. The fourth-order valence-electron chi connectivity index (χ4n) is 0.837. The van der Waals surface area contributed by atoms with Gasteiger partial charge in [0.1, 0.15) is 5.82 Å². The summed E-state index contributed by atoms with van der Waals surface area (Å²) in [5.74, 6) is 1.08. The Labute approximate surface area is 61.2 Å². The van der Waals surface area contributed by atoms with Crippen molar-refractivity contribution in [1.29, 1.82) is 0 Å². The van der Waals surface area contributed by atoms with E-state index in [0.717, 1.165) is 17.8 Å². The molecule has 1 heterocycles. The molecule has 1 aromatic rings. The van der Waals surface area contributed by atoms with Crippen LogP contribution >= 0.6 is 0 Å². The van der Waals surface area contributed by atoms with Gasteiger partial charge in [0.25, 0.3) is 0 Å². The molecule has 0 amide bonds. The standard InChI is InChI=1S/C8H12N2/c1-7(2)6-8-9-4-5-10(8)3/h4-5H,1,6H2,2-3H3. The van der Waals surface area contributed by atoms with E-state index in [4.69, 9.17) is 0 Å². The number of aryl methyl sites for hydroxylation is 1. The van der Waals surface area contributed by atoms with Crippen molar-refractivity contribution in [2.75, 3.05) is 0 Å². The van der Waals surface area contributed by atoms with Crippen LogP contribution in [-0.2, 0) is 13.5 Å². The third-order valence-electron chi connectivity index (χ3n) is 1.38. The fraction of sp³-hybridized carbons (Fsp3) is 0.375.